The normalized spacial score (nSPS) is 8.67. The predicted molar refractivity (Wildman–Crippen MR) is 70.8 cm³/mol. The molecule has 0 spiro atoms. The van der Waals surface area contributed by atoms with Gasteiger partial charge in [-0.2, -0.15) is 0 Å². The molecule has 0 nitrogen and oxygen atoms in total. The van der Waals surface area contributed by atoms with Gasteiger partial charge in [0.05, 0.1) is 8.58 Å². The van der Waals surface area contributed by atoms with Crippen molar-refractivity contribution in [2.24, 2.45) is 0 Å². The molecule has 0 aliphatic rings. The van der Waals surface area contributed by atoms with Crippen molar-refractivity contribution in [3.05, 3.63) is 0 Å². The Morgan fingerprint density at radius 1 is 0.733 bits per heavy atom. The lowest BCUT2D eigenvalue weighted by Crippen LogP contribution is -1.70. The summed E-state index contributed by atoms with van der Waals surface area (Å²) < 4.78 is 0. The maximum absolute atomic E-state index is 3.16. The van der Waals surface area contributed by atoms with E-state index in [1.807, 2.05) is 0 Å². The monoisotopic (exact) mass is 221 g/mol. The second-order valence-electron chi connectivity index (χ2n) is 3.60. The molecular weight excluding hydrogens is 199 g/mol. The Kier molecular flexibility index (Phi) is 13.1. The van der Waals surface area contributed by atoms with Crippen molar-refractivity contribution in [3.63, 3.8) is 0 Å². The average Bonchev–Trinajstić information content (AvgIpc) is 2.26. The van der Waals surface area contributed by atoms with Crippen LogP contribution < -0.4 is 0 Å². The topological polar surface area (TPSA) is 0 Å². The van der Waals surface area contributed by atoms with Gasteiger partial charge in [0.25, 0.3) is 0 Å². The molecule has 0 saturated carbocycles. The van der Waals surface area contributed by atoms with Crippen LogP contribution in [0.5, 0.6) is 0 Å². The fourth-order valence-electron chi connectivity index (χ4n) is 1.15. The molecule has 0 aromatic rings. The highest BCUT2D eigenvalue weighted by Gasteiger charge is 1.81. The maximum Gasteiger partial charge on any atom is 0.0995 e. The van der Waals surface area contributed by atoms with E-state index in [0.717, 1.165) is 21.4 Å². The third-order valence-electron chi connectivity index (χ3n) is 2.08. The summed E-state index contributed by atoms with van der Waals surface area (Å²) >= 11 is 0. The van der Waals surface area contributed by atoms with Crippen LogP contribution in [0.15, 0.2) is 0 Å². The maximum atomic E-state index is 3.16. The molecule has 0 aliphatic heterocycles. The third kappa shape index (κ3) is 13.6. The minimum atomic E-state index is 0.990. The molecule has 0 aromatic heterocycles. The van der Waals surface area contributed by atoms with Gasteiger partial charge in [-0.05, 0) is 12.8 Å². The molecule has 0 amide bonds. The van der Waals surface area contributed by atoms with Gasteiger partial charge in [0.15, 0.2) is 0 Å². The number of rotatable bonds is 6. The standard InChI is InChI=1S/C14H22P/c1-3-5-7-9-11-13-15-14-12-10-8-6-4-2/h3-10H2,1-2H3. The van der Waals surface area contributed by atoms with Gasteiger partial charge in [0.1, 0.15) is 0 Å². The molecular formula is C14H22P. The first kappa shape index (κ1) is 14.6. The second-order valence-corrected chi connectivity index (χ2v) is 4.27. The van der Waals surface area contributed by atoms with Crippen LogP contribution in [0.3, 0.4) is 0 Å². The highest BCUT2D eigenvalue weighted by Crippen LogP contribution is 2.05. The van der Waals surface area contributed by atoms with Crippen molar-refractivity contribution in [2.75, 3.05) is 0 Å². The van der Waals surface area contributed by atoms with Crippen LogP contribution in [-0.2, 0) is 0 Å². The van der Waals surface area contributed by atoms with Crippen molar-refractivity contribution < 1.29 is 0 Å². The summed E-state index contributed by atoms with van der Waals surface area (Å²) in [6.45, 7) is 4.43. The zero-order valence-corrected chi connectivity index (χ0v) is 11.0. The molecule has 0 unspecified atom stereocenters. The van der Waals surface area contributed by atoms with E-state index in [9.17, 15) is 0 Å². The summed E-state index contributed by atoms with van der Waals surface area (Å²) in [5, 5.41) is 0. The molecule has 1 heteroatoms. The van der Waals surface area contributed by atoms with Crippen molar-refractivity contribution in [3.8, 4) is 23.2 Å². The van der Waals surface area contributed by atoms with E-state index in [1.165, 1.54) is 38.5 Å². The SMILES string of the molecule is CCCCCC#C[P]C#CCCCCC. The summed E-state index contributed by atoms with van der Waals surface area (Å²) in [4.78, 5) is 0. The van der Waals surface area contributed by atoms with E-state index in [0.29, 0.717) is 0 Å². The van der Waals surface area contributed by atoms with Crippen LogP contribution in [0.4, 0.5) is 0 Å². The summed E-state index contributed by atoms with van der Waals surface area (Å²) in [5.41, 5.74) is 6.17. The van der Waals surface area contributed by atoms with E-state index in [4.69, 9.17) is 0 Å². The summed E-state index contributed by atoms with van der Waals surface area (Å²) in [5.74, 6) is 6.31. The highest BCUT2D eigenvalue weighted by atomic mass is 31.1. The van der Waals surface area contributed by atoms with Gasteiger partial charge in [-0.15, -0.1) is 0 Å². The lowest BCUT2D eigenvalue weighted by molar-refractivity contribution is 0.737. The van der Waals surface area contributed by atoms with Gasteiger partial charge in [0, 0.05) is 12.8 Å². The molecule has 0 aromatic carbocycles. The number of unbranched alkanes of at least 4 members (excludes halogenated alkanes) is 6. The molecule has 0 atom stereocenters. The van der Waals surface area contributed by atoms with Gasteiger partial charge in [0.2, 0.25) is 0 Å². The lowest BCUT2D eigenvalue weighted by atomic mass is 10.2. The van der Waals surface area contributed by atoms with Crippen LogP contribution in [0, 0.1) is 23.2 Å². The second kappa shape index (κ2) is 13.5. The van der Waals surface area contributed by atoms with E-state index in [1.54, 1.807) is 0 Å². The minimum Gasteiger partial charge on any atom is -0.0972 e. The van der Waals surface area contributed by atoms with E-state index in [-0.39, 0.29) is 0 Å². The Labute approximate surface area is 97.4 Å². The molecule has 0 rings (SSSR count). The summed E-state index contributed by atoms with van der Waals surface area (Å²) in [7, 11) is 0.990. The molecule has 0 heterocycles. The predicted octanol–water partition coefficient (Wildman–Crippen LogP) is 5.02. The van der Waals surface area contributed by atoms with Crippen LogP contribution in [-0.4, -0.2) is 0 Å². The van der Waals surface area contributed by atoms with Crippen molar-refractivity contribution >= 4 is 8.58 Å². The Balaban J connectivity index is 3.26. The van der Waals surface area contributed by atoms with Gasteiger partial charge in [-0.3, -0.25) is 0 Å². The molecule has 0 N–H and O–H groups in total. The van der Waals surface area contributed by atoms with Crippen LogP contribution >= 0.6 is 8.58 Å². The molecule has 83 valence electrons. The zero-order valence-electron chi connectivity index (χ0n) is 10.1. The third-order valence-corrected chi connectivity index (χ3v) is 2.62. The fourth-order valence-corrected chi connectivity index (χ4v) is 1.58. The van der Waals surface area contributed by atoms with Crippen molar-refractivity contribution in [1.29, 1.82) is 0 Å². The van der Waals surface area contributed by atoms with E-state index >= 15 is 0 Å². The molecule has 0 saturated heterocycles. The van der Waals surface area contributed by atoms with Gasteiger partial charge < -0.3 is 0 Å². The molecule has 1 radical (unpaired) electrons. The summed E-state index contributed by atoms with van der Waals surface area (Å²) in [6, 6.07) is 0. The summed E-state index contributed by atoms with van der Waals surface area (Å²) in [6.07, 6.45) is 9.71. The zero-order chi connectivity index (χ0) is 11.2. The molecule has 15 heavy (non-hydrogen) atoms. The van der Waals surface area contributed by atoms with E-state index in [2.05, 4.69) is 37.0 Å². The van der Waals surface area contributed by atoms with Crippen molar-refractivity contribution in [2.45, 2.75) is 65.2 Å². The first-order chi connectivity index (χ1) is 7.41. The van der Waals surface area contributed by atoms with Crippen LogP contribution in [0.25, 0.3) is 0 Å². The van der Waals surface area contributed by atoms with Crippen LogP contribution in [0.1, 0.15) is 65.2 Å². The highest BCUT2D eigenvalue weighted by molar-refractivity contribution is 7.49. The Hall–Kier alpha value is -0.450. The van der Waals surface area contributed by atoms with Gasteiger partial charge in [-0.25, -0.2) is 0 Å². The lowest BCUT2D eigenvalue weighted by Gasteiger charge is -1.88. The van der Waals surface area contributed by atoms with Gasteiger partial charge >= 0.3 is 0 Å². The van der Waals surface area contributed by atoms with E-state index < -0.39 is 0 Å². The Bertz CT molecular complexity index is 208. The number of hydrogen-bond donors (Lipinski definition) is 0. The molecule has 0 bridgehead atoms. The number of hydrogen-bond acceptors (Lipinski definition) is 0. The Morgan fingerprint density at radius 2 is 1.20 bits per heavy atom. The smallest absolute Gasteiger partial charge is 0.0972 e. The van der Waals surface area contributed by atoms with Crippen LogP contribution in [0.2, 0.25) is 0 Å². The van der Waals surface area contributed by atoms with Crippen molar-refractivity contribution in [1.82, 2.24) is 0 Å². The minimum absolute atomic E-state index is 0.990. The fraction of sp³-hybridized carbons (Fsp3) is 0.714. The first-order valence-electron chi connectivity index (χ1n) is 6.07. The average molecular weight is 221 g/mol. The largest absolute Gasteiger partial charge is 0.0995 e. The Morgan fingerprint density at radius 3 is 1.60 bits per heavy atom. The van der Waals surface area contributed by atoms with Gasteiger partial charge in [-0.1, -0.05) is 62.7 Å². The quantitative estimate of drug-likeness (QED) is 0.336. The molecule has 0 fully saturated rings. The molecule has 0 aliphatic carbocycles. The first-order valence-corrected chi connectivity index (χ1v) is 6.96.